The Morgan fingerprint density at radius 3 is 2.03 bits per heavy atom. The molecule has 0 radical (unpaired) electrons. The lowest BCUT2D eigenvalue weighted by atomic mass is 9.73. The number of H-pyrrole nitrogens is 2. The second-order valence-electron chi connectivity index (χ2n) is 17.1. The molecule has 1 saturated carbocycles. The molecule has 4 amide bonds. The van der Waals surface area contributed by atoms with E-state index in [1.807, 2.05) is 32.6 Å². The number of methoxy groups -OCH3 is 2. The van der Waals surface area contributed by atoms with E-state index in [1.54, 1.807) is 11.1 Å². The van der Waals surface area contributed by atoms with Crippen LogP contribution >= 0.6 is 0 Å². The minimum atomic E-state index is -0.696. The third kappa shape index (κ3) is 7.63. The summed E-state index contributed by atoms with van der Waals surface area (Å²) < 4.78 is 9.58. The largest absolute Gasteiger partial charge is 0.453 e. The first-order chi connectivity index (χ1) is 28.4. The van der Waals surface area contributed by atoms with Gasteiger partial charge in [-0.15, -0.1) is 0 Å². The van der Waals surface area contributed by atoms with Crippen molar-refractivity contribution in [1.29, 1.82) is 0 Å². The molecule has 0 spiro atoms. The Morgan fingerprint density at radius 1 is 0.797 bits per heavy atom. The number of rotatable bonds is 9. The van der Waals surface area contributed by atoms with E-state index in [1.165, 1.54) is 37.3 Å². The second-order valence-corrected chi connectivity index (χ2v) is 17.1. The Bertz CT molecular complexity index is 2340. The summed E-state index contributed by atoms with van der Waals surface area (Å²) in [7, 11) is 2.59. The molecule has 2 aliphatic heterocycles. The fourth-order valence-corrected chi connectivity index (χ4v) is 9.59. The van der Waals surface area contributed by atoms with Crippen LogP contribution in [0.4, 0.5) is 9.59 Å². The average molecular weight is 803 g/mol. The van der Waals surface area contributed by atoms with Crippen molar-refractivity contribution >= 4 is 35.0 Å². The van der Waals surface area contributed by atoms with Crippen LogP contribution in [0.2, 0.25) is 0 Å². The van der Waals surface area contributed by atoms with Crippen molar-refractivity contribution in [3.8, 4) is 23.0 Å². The number of amides is 4. The molecule has 4 aromatic rings. The van der Waals surface area contributed by atoms with E-state index < -0.39 is 24.3 Å². The molecule has 310 valence electrons. The number of benzene rings is 2. The third-order valence-electron chi connectivity index (χ3n) is 12.8. The number of hydrogen-bond acceptors (Lipinski definition) is 8. The van der Waals surface area contributed by atoms with Crippen LogP contribution in [0.15, 0.2) is 36.5 Å². The molecule has 4 aliphatic rings. The highest BCUT2D eigenvalue weighted by Crippen LogP contribution is 2.54. The number of hydrogen-bond donors (Lipinski definition) is 4. The number of nitrogens with zero attached hydrogens (tertiary/aromatic N) is 4. The molecule has 2 unspecified atom stereocenters. The molecule has 59 heavy (non-hydrogen) atoms. The molecule has 14 heteroatoms. The van der Waals surface area contributed by atoms with Crippen molar-refractivity contribution in [2.75, 3.05) is 27.3 Å². The van der Waals surface area contributed by atoms with Gasteiger partial charge in [-0.05, 0) is 115 Å². The zero-order valence-electron chi connectivity index (χ0n) is 34.7. The maximum atomic E-state index is 13.7. The Labute approximate surface area is 344 Å². The summed E-state index contributed by atoms with van der Waals surface area (Å²) >= 11 is 0. The van der Waals surface area contributed by atoms with Crippen molar-refractivity contribution in [2.24, 2.45) is 17.8 Å². The number of carbonyl (C=O) groups excluding carboxylic acids is 4. The summed E-state index contributed by atoms with van der Waals surface area (Å²) in [6.45, 7) is 8.82. The molecular weight excluding hydrogens is 749 g/mol. The smallest absolute Gasteiger partial charge is 0.407 e. The summed E-state index contributed by atoms with van der Waals surface area (Å²) in [6, 6.07) is 8.87. The van der Waals surface area contributed by atoms with Gasteiger partial charge in [0.25, 0.3) is 0 Å². The van der Waals surface area contributed by atoms with Gasteiger partial charge < -0.3 is 39.9 Å². The summed E-state index contributed by atoms with van der Waals surface area (Å²) in [5.74, 6) is 8.90. The predicted octanol–water partition coefficient (Wildman–Crippen LogP) is 6.49. The molecule has 2 aromatic heterocycles. The molecule has 2 aliphatic carbocycles. The van der Waals surface area contributed by atoms with E-state index in [0.717, 1.165) is 66.5 Å². The summed E-state index contributed by atoms with van der Waals surface area (Å²) in [5, 5.41) is 5.43. The molecule has 14 nitrogen and oxygen atoms in total. The second kappa shape index (κ2) is 16.4. The monoisotopic (exact) mass is 802 g/mol. The van der Waals surface area contributed by atoms with Crippen molar-refractivity contribution in [3.63, 3.8) is 0 Å². The molecule has 4 N–H and O–H groups in total. The molecule has 3 fully saturated rings. The van der Waals surface area contributed by atoms with Gasteiger partial charge >= 0.3 is 12.2 Å². The fraction of sp³-hybridized carbons (Fsp3) is 0.511. The number of nitrogens with one attached hydrogen (secondary N) is 4. The lowest BCUT2D eigenvalue weighted by Gasteiger charge is -2.31. The SMILES string of the molecule is COC(=O)N[C@H](C(=O)N1CCC[C@H]1c1nc2ccc(-c3ccc(C#Cc4cnc([C@@H]5CCCN5C(=O)[C@H](NC(=O)OC)C(C)C)[nH]4)c4c3CC3CCC43)cc2[nH]1)C(C)C. The van der Waals surface area contributed by atoms with Gasteiger partial charge in [0.1, 0.15) is 29.4 Å². The van der Waals surface area contributed by atoms with Gasteiger partial charge in [0.15, 0.2) is 0 Å². The Morgan fingerprint density at radius 2 is 1.44 bits per heavy atom. The number of carbonyl (C=O) groups is 4. The van der Waals surface area contributed by atoms with Gasteiger partial charge in [0, 0.05) is 18.7 Å². The maximum absolute atomic E-state index is 13.7. The van der Waals surface area contributed by atoms with Crippen molar-refractivity contribution in [3.05, 3.63) is 70.6 Å². The normalized spacial score (nSPS) is 21.7. The standard InChI is InChI=1S/C45H54N8O6/c1-24(2)38(50-44(56)58-5)42(54)52-19-7-9-35(52)40-46-23-29(47-40)15-11-26-12-16-30(32-21-27-13-17-31(27)37(26)32)28-14-18-33-34(22-28)49-41(48-33)36-10-8-20-53(36)43(55)39(25(3)4)51-45(57)59-6/h12,14,16,18,22-25,27,31,35-36,38-39H,7-10,13,17,19-21H2,1-6H3,(H,46,47)(H,48,49)(H,50,56)(H,51,57)/t27?,31?,35-,36-,38+,39-/m0/s1. The summed E-state index contributed by atoms with van der Waals surface area (Å²) in [4.78, 5) is 71.6. The van der Waals surface area contributed by atoms with Gasteiger partial charge in [-0.3, -0.25) is 9.59 Å². The quantitative estimate of drug-likeness (QED) is 0.139. The first-order valence-electron chi connectivity index (χ1n) is 21.0. The lowest BCUT2D eigenvalue weighted by Crippen LogP contribution is -2.51. The highest BCUT2D eigenvalue weighted by Gasteiger charge is 2.42. The van der Waals surface area contributed by atoms with Crippen molar-refractivity contribution < 1.29 is 28.7 Å². The molecule has 6 atom stereocenters. The molecule has 8 rings (SSSR count). The molecule has 4 heterocycles. The fourth-order valence-electron chi connectivity index (χ4n) is 9.59. The molecule has 0 bridgehead atoms. The molecule has 2 aromatic carbocycles. The van der Waals surface area contributed by atoms with Crippen LogP contribution in [-0.4, -0.2) is 93.1 Å². The number of aromatic nitrogens is 4. The molecule has 2 saturated heterocycles. The van der Waals surface area contributed by atoms with Gasteiger partial charge in [-0.25, -0.2) is 19.6 Å². The zero-order chi connectivity index (χ0) is 41.5. The van der Waals surface area contributed by atoms with Gasteiger partial charge in [0.2, 0.25) is 11.8 Å². The first kappa shape index (κ1) is 40.0. The average Bonchev–Trinajstić information content (AvgIpc) is 4.07. The van der Waals surface area contributed by atoms with Crippen molar-refractivity contribution in [2.45, 2.75) is 103 Å². The van der Waals surface area contributed by atoms with E-state index in [9.17, 15) is 19.2 Å². The van der Waals surface area contributed by atoms with Gasteiger partial charge in [-0.2, -0.15) is 0 Å². The predicted molar refractivity (Wildman–Crippen MR) is 221 cm³/mol. The number of alkyl carbamates (subject to hydrolysis) is 2. The van der Waals surface area contributed by atoms with E-state index in [4.69, 9.17) is 14.5 Å². The Kier molecular flexibility index (Phi) is 11.1. The third-order valence-corrected chi connectivity index (χ3v) is 12.8. The Hall–Kier alpha value is -5.84. The van der Waals surface area contributed by atoms with E-state index >= 15 is 0 Å². The van der Waals surface area contributed by atoms with Crippen LogP contribution in [0.3, 0.4) is 0 Å². The van der Waals surface area contributed by atoms with Crippen LogP contribution in [0.25, 0.3) is 22.2 Å². The minimum Gasteiger partial charge on any atom is -0.453 e. The maximum Gasteiger partial charge on any atom is 0.407 e. The van der Waals surface area contributed by atoms with E-state index in [-0.39, 0.29) is 35.7 Å². The minimum absolute atomic E-state index is 0.108. The lowest BCUT2D eigenvalue weighted by molar-refractivity contribution is -0.136. The summed E-state index contributed by atoms with van der Waals surface area (Å²) in [5.41, 5.74) is 8.52. The number of likely N-dealkylation sites (tertiary alicyclic amines) is 2. The van der Waals surface area contributed by atoms with Crippen LogP contribution < -0.4 is 10.6 Å². The Balaban J connectivity index is 1.03. The van der Waals surface area contributed by atoms with Crippen LogP contribution in [0.5, 0.6) is 0 Å². The van der Waals surface area contributed by atoms with E-state index in [0.29, 0.717) is 36.4 Å². The molecular formula is C45H54N8O6. The number of ether oxygens (including phenoxy) is 2. The highest BCUT2D eigenvalue weighted by molar-refractivity contribution is 5.88. The van der Waals surface area contributed by atoms with Crippen molar-refractivity contribution in [1.82, 2.24) is 40.4 Å². The number of imidazole rings is 2. The van der Waals surface area contributed by atoms with Gasteiger partial charge in [0.05, 0.1) is 43.5 Å². The number of fused-ring (bicyclic) bond motifs is 4. The highest BCUT2D eigenvalue weighted by atomic mass is 16.5. The number of aromatic amines is 2. The van der Waals surface area contributed by atoms with Crippen LogP contribution in [-0.2, 0) is 25.5 Å². The zero-order valence-corrected chi connectivity index (χ0v) is 34.7. The van der Waals surface area contributed by atoms with Gasteiger partial charge in [-0.1, -0.05) is 45.7 Å². The van der Waals surface area contributed by atoms with Crippen LogP contribution in [0, 0.1) is 29.6 Å². The first-order valence-corrected chi connectivity index (χ1v) is 21.0. The van der Waals surface area contributed by atoms with Crippen LogP contribution in [0.1, 0.15) is 118 Å². The topological polar surface area (TPSA) is 175 Å². The summed E-state index contributed by atoms with van der Waals surface area (Å²) in [6.07, 6.45) is 7.14. The van der Waals surface area contributed by atoms with E-state index in [2.05, 4.69) is 67.8 Å².